The minimum Gasteiger partial charge on any atom is -0.453 e. The number of hydrogen-bond acceptors (Lipinski definition) is 5. The number of hydrogen-bond donors (Lipinski definition) is 0. The molecule has 5 heteroatoms. The average molecular weight is 348 g/mol. The topological polar surface area (TPSA) is 61.8 Å². The highest BCUT2D eigenvalue weighted by atomic mass is 16.7. The van der Waals surface area contributed by atoms with Gasteiger partial charge in [0, 0.05) is 20.5 Å². The van der Waals surface area contributed by atoms with Crippen molar-refractivity contribution >= 4 is 11.9 Å². The normalized spacial score (nSPS) is 40.4. The minimum atomic E-state index is -0.993. The third-order valence-corrected chi connectivity index (χ3v) is 6.76. The van der Waals surface area contributed by atoms with Crippen LogP contribution in [0.4, 0.5) is 0 Å². The molecular weight excluding hydrogens is 320 g/mol. The predicted molar refractivity (Wildman–Crippen MR) is 90.2 cm³/mol. The van der Waals surface area contributed by atoms with E-state index in [2.05, 4.69) is 12.2 Å². The van der Waals surface area contributed by atoms with Gasteiger partial charge in [0.25, 0.3) is 0 Å². The van der Waals surface area contributed by atoms with Crippen LogP contribution in [0, 0.1) is 41.4 Å². The van der Waals surface area contributed by atoms with Crippen LogP contribution in [0.3, 0.4) is 0 Å². The molecule has 7 atom stereocenters. The lowest BCUT2D eigenvalue weighted by Gasteiger charge is -2.35. The van der Waals surface area contributed by atoms with Gasteiger partial charge in [-0.2, -0.15) is 0 Å². The maximum Gasteiger partial charge on any atom is 0.346 e. The number of allylic oxidation sites excluding steroid dienone is 2. The molecule has 3 fully saturated rings. The van der Waals surface area contributed by atoms with Gasteiger partial charge in [0.1, 0.15) is 0 Å². The molecule has 7 unspecified atom stereocenters. The zero-order valence-corrected chi connectivity index (χ0v) is 15.3. The Morgan fingerprint density at radius 1 is 1.08 bits per heavy atom. The van der Waals surface area contributed by atoms with Crippen molar-refractivity contribution in [3.8, 4) is 0 Å². The van der Waals surface area contributed by atoms with Crippen LogP contribution in [0.5, 0.6) is 0 Å². The number of carbonyl (C=O) groups excluding carboxylic acids is 2. The van der Waals surface area contributed by atoms with Gasteiger partial charge in [-0.05, 0) is 61.7 Å². The van der Waals surface area contributed by atoms with Crippen molar-refractivity contribution in [1.82, 2.24) is 0 Å². The summed E-state index contributed by atoms with van der Waals surface area (Å²) in [6.45, 7) is 5.31. The van der Waals surface area contributed by atoms with E-state index in [1.165, 1.54) is 6.42 Å². The van der Waals surface area contributed by atoms with Crippen molar-refractivity contribution in [2.75, 3.05) is 13.2 Å². The Morgan fingerprint density at radius 3 is 2.52 bits per heavy atom. The van der Waals surface area contributed by atoms with Crippen LogP contribution in [0.15, 0.2) is 12.2 Å². The molecule has 0 aliphatic heterocycles. The largest absolute Gasteiger partial charge is 0.453 e. The van der Waals surface area contributed by atoms with Crippen molar-refractivity contribution in [2.45, 2.75) is 45.8 Å². The van der Waals surface area contributed by atoms with Gasteiger partial charge in [-0.3, -0.25) is 4.79 Å². The number of carbonyl (C=O) groups is 2. The van der Waals surface area contributed by atoms with E-state index in [9.17, 15) is 9.59 Å². The van der Waals surface area contributed by atoms with Gasteiger partial charge in [0.2, 0.25) is 5.79 Å². The Hall–Kier alpha value is -1.36. The number of rotatable bonds is 6. The fourth-order valence-corrected chi connectivity index (χ4v) is 6.20. The monoisotopic (exact) mass is 348 g/mol. The molecule has 5 nitrogen and oxygen atoms in total. The molecule has 25 heavy (non-hydrogen) atoms. The van der Waals surface area contributed by atoms with Gasteiger partial charge in [-0.15, -0.1) is 0 Å². The molecule has 4 bridgehead atoms. The van der Waals surface area contributed by atoms with E-state index in [0.29, 0.717) is 30.3 Å². The average Bonchev–Trinajstić information content (AvgIpc) is 3.29. The maximum absolute atomic E-state index is 12.5. The number of fused-ring (bicyclic) bond motifs is 9. The molecule has 4 rings (SSSR count). The Bertz CT molecular complexity index is 595. The van der Waals surface area contributed by atoms with Crippen LogP contribution < -0.4 is 0 Å². The molecule has 0 N–H and O–H groups in total. The molecule has 0 aromatic carbocycles. The molecule has 0 amide bonds. The van der Waals surface area contributed by atoms with Gasteiger partial charge in [-0.25, -0.2) is 4.79 Å². The first-order valence-corrected chi connectivity index (χ1v) is 9.60. The summed E-state index contributed by atoms with van der Waals surface area (Å²) in [6, 6.07) is 0. The van der Waals surface area contributed by atoms with Gasteiger partial charge in [0.15, 0.2) is 6.61 Å². The van der Waals surface area contributed by atoms with E-state index in [-0.39, 0.29) is 18.5 Å². The van der Waals surface area contributed by atoms with Gasteiger partial charge in [0.05, 0.1) is 5.92 Å². The molecule has 4 aliphatic rings. The van der Waals surface area contributed by atoms with Crippen molar-refractivity contribution < 1.29 is 23.8 Å². The quantitative estimate of drug-likeness (QED) is 0.320. The zero-order chi connectivity index (χ0) is 17.8. The molecular formula is C20H28O5. The fourth-order valence-electron chi connectivity index (χ4n) is 6.20. The highest BCUT2D eigenvalue weighted by Crippen LogP contribution is 2.67. The van der Waals surface area contributed by atoms with E-state index in [1.807, 2.05) is 6.92 Å². The van der Waals surface area contributed by atoms with Gasteiger partial charge in [-0.1, -0.05) is 12.2 Å². The van der Waals surface area contributed by atoms with Crippen LogP contribution >= 0.6 is 0 Å². The summed E-state index contributed by atoms with van der Waals surface area (Å²) in [5.41, 5.74) is 0. The predicted octanol–water partition coefficient (Wildman–Crippen LogP) is 2.94. The molecule has 0 aromatic heterocycles. The van der Waals surface area contributed by atoms with Crippen LogP contribution in [-0.4, -0.2) is 30.9 Å². The highest BCUT2D eigenvalue weighted by molar-refractivity contribution is 5.78. The van der Waals surface area contributed by atoms with E-state index in [1.54, 1.807) is 13.8 Å². The Morgan fingerprint density at radius 2 is 1.80 bits per heavy atom. The molecule has 0 aromatic rings. The summed E-state index contributed by atoms with van der Waals surface area (Å²) < 4.78 is 15.9. The van der Waals surface area contributed by atoms with Gasteiger partial charge < -0.3 is 14.2 Å². The van der Waals surface area contributed by atoms with E-state index in [0.717, 1.165) is 24.7 Å². The summed E-state index contributed by atoms with van der Waals surface area (Å²) in [7, 11) is 0. The van der Waals surface area contributed by atoms with Crippen LogP contribution in [0.25, 0.3) is 0 Å². The first-order valence-electron chi connectivity index (χ1n) is 9.60. The second-order valence-corrected chi connectivity index (χ2v) is 8.52. The first kappa shape index (κ1) is 17.1. The lowest BCUT2D eigenvalue weighted by molar-refractivity contribution is -0.218. The molecule has 0 saturated heterocycles. The molecule has 0 spiro atoms. The smallest absolute Gasteiger partial charge is 0.346 e. The van der Waals surface area contributed by atoms with Crippen molar-refractivity contribution in [1.29, 1.82) is 0 Å². The SMILES string of the molecule is CCOC(C)(C)OC(=O)COC(=O)C1CC2CC1C1C3C=CC(C3)C21. The zero-order valence-electron chi connectivity index (χ0n) is 15.3. The summed E-state index contributed by atoms with van der Waals surface area (Å²) in [5.74, 6) is 2.17. The lowest BCUT2D eigenvalue weighted by atomic mass is 9.69. The third-order valence-electron chi connectivity index (χ3n) is 6.76. The Kier molecular flexibility index (Phi) is 4.18. The van der Waals surface area contributed by atoms with Crippen LogP contribution in [-0.2, 0) is 23.8 Å². The summed E-state index contributed by atoms with van der Waals surface area (Å²) >= 11 is 0. The minimum absolute atomic E-state index is 0.0355. The Balaban J connectivity index is 1.30. The molecule has 4 aliphatic carbocycles. The highest BCUT2D eigenvalue weighted by Gasteiger charge is 2.62. The lowest BCUT2D eigenvalue weighted by Crippen LogP contribution is -2.37. The molecule has 0 heterocycles. The van der Waals surface area contributed by atoms with Crippen molar-refractivity contribution in [3.05, 3.63) is 12.2 Å². The van der Waals surface area contributed by atoms with E-state index >= 15 is 0 Å². The fraction of sp³-hybridized carbons (Fsp3) is 0.800. The summed E-state index contributed by atoms with van der Waals surface area (Å²) in [5, 5.41) is 0. The summed E-state index contributed by atoms with van der Waals surface area (Å²) in [6.07, 6.45) is 8.13. The third kappa shape index (κ3) is 2.90. The van der Waals surface area contributed by atoms with Crippen LogP contribution in [0.2, 0.25) is 0 Å². The number of esters is 2. The standard InChI is InChI=1S/C20H28O5/c1-4-24-20(2,3)25-16(21)10-23-19(22)15-9-13-8-14(15)18-12-6-5-11(7-12)17(13)18/h5-6,11-15,17-18H,4,7-10H2,1-3H3. The second-order valence-electron chi connectivity index (χ2n) is 8.52. The summed E-state index contributed by atoms with van der Waals surface area (Å²) in [4.78, 5) is 24.5. The van der Waals surface area contributed by atoms with Crippen molar-refractivity contribution in [3.63, 3.8) is 0 Å². The first-order chi connectivity index (χ1) is 11.9. The Labute approximate surface area is 149 Å². The second kappa shape index (κ2) is 6.11. The maximum atomic E-state index is 12.5. The van der Waals surface area contributed by atoms with Gasteiger partial charge >= 0.3 is 11.9 Å². The molecule has 3 saturated carbocycles. The van der Waals surface area contributed by atoms with Crippen LogP contribution in [0.1, 0.15) is 40.0 Å². The van der Waals surface area contributed by atoms with E-state index < -0.39 is 11.8 Å². The van der Waals surface area contributed by atoms with E-state index in [4.69, 9.17) is 14.2 Å². The molecule has 138 valence electrons. The number of ether oxygens (including phenoxy) is 3. The van der Waals surface area contributed by atoms with Crippen molar-refractivity contribution in [2.24, 2.45) is 41.4 Å². The molecule has 0 radical (unpaired) electrons.